The smallest absolute Gasteiger partial charge is 0.164 e. The number of benzene rings is 1. The van der Waals surface area contributed by atoms with Crippen molar-refractivity contribution in [3.8, 4) is 22.5 Å². The second-order valence-corrected chi connectivity index (χ2v) is 7.97. The first-order chi connectivity index (χ1) is 15.6. The zero-order valence-electron chi connectivity index (χ0n) is 18.9. The van der Waals surface area contributed by atoms with E-state index >= 15 is 0 Å². The summed E-state index contributed by atoms with van der Waals surface area (Å²) >= 11 is 0. The molecule has 6 heteroatoms. The third kappa shape index (κ3) is 4.60. The fourth-order valence-electron chi connectivity index (χ4n) is 4.08. The number of hydrogen-bond acceptors (Lipinski definition) is 5. The molecular weight excluding hydrogens is 398 g/mol. The summed E-state index contributed by atoms with van der Waals surface area (Å²) in [6.45, 7) is 8.50. The SMILES string of the molecule is CCN(CC)[C@@H](C)CCC(=O)c1ccnc(-c2cnn3ccc(-c4ccccc4)nc23)c1. The second-order valence-electron chi connectivity index (χ2n) is 7.97. The van der Waals surface area contributed by atoms with Gasteiger partial charge in [0.1, 0.15) is 0 Å². The van der Waals surface area contributed by atoms with Crippen LogP contribution in [0.4, 0.5) is 0 Å². The lowest BCUT2D eigenvalue weighted by molar-refractivity contribution is 0.0964. The van der Waals surface area contributed by atoms with Crippen molar-refractivity contribution < 1.29 is 4.79 Å². The minimum Gasteiger partial charge on any atom is -0.301 e. The van der Waals surface area contributed by atoms with E-state index in [0.717, 1.165) is 42.0 Å². The van der Waals surface area contributed by atoms with E-state index in [2.05, 4.69) is 35.8 Å². The zero-order chi connectivity index (χ0) is 22.5. The van der Waals surface area contributed by atoms with E-state index in [0.29, 0.717) is 23.7 Å². The molecule has 6 nitrogen and oxygen atoms in total. The average molecular weight is 428 g/mol. The van der Waals surface area contributed by atoms with Gasteiger partial charge in [0.25, 0.3) is 0 Å². The molecule has 0 aliphatic rings. The van der Waals surface area contributed by atoms with Crippen LogP contribution in [-0.4, -0.2) is 49.4 Å². The summed E-state index contributed by atoms with van der Waals surface area (Å²) in [5, 5.41) is 4.43. The molecule has 32 heavy (non-hydrogen) atoms. The topological polar surface area (TPSA) is 63.4 Å². The highest BCUT2D eigenvalue weighted by Gasteiger charge is 2.16. The Balaban J connectivity index is 1.58. The Morgan fingerprint density at radius 1 is 1.06 bits per heavy atom. The van der Waals surface area contributed by atoms with Gasteiger partial charge < -0.3 is 4.90 Å². The molecule has 4 rings (SSSR count). The van der Waals surface area contributed by atoms with Gasteiger partial charge in [0.05, 0.1) is 23.1 Å². The second kappa shape index (κ2) is 9.83. The summed E-state index contributed by atoms with van der Waals surface area (Å²) in [4.78, 5) is 24.6. The van der Waals surface area contributed by atoms with Crippen LogP contribution in [0.1, 0.15) is 44.0 Å². The fraction of sp³-hybridized carbons (Fsp3) is 0.308. The van der Waals surface area contributed by atoms with Crippen LogP contribution in [-0.2, 0) is 0 Å². The van der Waals surface area contributed by atoms with Crippen LogP contribution in [0.2, 0.25) is 0 Å². The monoisotopic (exact) mass is 427 g/mol. The van der Waals surface area contributed by atoms with E-state index in [1.165, 1.54) is 0 Å². The van der Waals surface area contributed by atoms with Gasteiger partial charge in [-0.05, 0) is 44.6 Å². The molecule has 0 spiro atoms. The Labute approximate surface area is 188 Å². The van der Waals surface area contributed by atoms with Crippen molar-refractivity contribution in [1.82, 2.24) is 24.5 Å². The van der Waals surface area contributed by atoms with Crippen molar-refractivity contribution in [2.75, 3.05) is 13.1 Å². The van der Waals surface area contributed by atoms with Gasteiger partial charge in [-0.15, -0.1) is 0 Å². The van der Waals surface area contributed by atoms with E-state index in [-0.39, 0.29) is 5.78 Å². The summed E-state index contributed by atoms with van der Waals surface area (Å²) in [7, 11) is 0. The lowest BCUT2D eigenvalue weighted by Crippen LogP contribution is -2.33. The van der Waals surface area contributed by atoms with Gasteiger partial charge in [-0.3, -0.25) is 9.78 Å². The molecule has 0 unspecified atom stereocenters. The largest absolute Gasteiger partial charge is 0.301 e. The first-order valence-electron chi connectivity index (χ1n) is 11.2. The number of ketones is 1. The van der Waals surface area contributed by atoms with E-state index in [1.807, 2.05) is 48.7 Å². The number of hydrogen-bond donors (Lipinski definition) is 0. The molecule has 0 aliphatic carbocycles. The average Bonchev–Trinajstić information content (AvgIpc) is 3.27. The number of fused-ring (bicyclic) bond motifs is 1. The van der Waals surface area contributed by atoms with Crippen molar-refractivity contribution in [3.05, 3.63) is 72.7 Å². The molecule has 4 aromatic rings. The maximum absolute atomic E-state index is 12.9. The van der Waals surface area contributed by atoms with Crippen LogP contribution < -0.4 is 0 Å². The molecule has 1 atom stereocenters. The maximum atomic E-state index is 12.9. The standard InChI is InChI=1S/C26H29N5O/c1-4-30(5-2)19(3)11-12-25(32)21-13-15-27-24(17-21)22-18-28-31-16-14-23(29-26(22)31)20-9-7-6-8-10-20/h6-10,13-19H,4-5,11-12H2,1-3H3/t19-/m0/s1. The number of nitrogens with zero attached hydrogens (tertiary/aromatic N) is 5. The van der Waals surface area contributed by atoms with Crippen LogP contribution in [0.15, 0.2) is 67.1 Å². The number of carbonyl (C=O) groups excluding carboxylic acids is 1. The molecular formula is C26H29N5O. The third-order valence-corrected chi connectivity index (χ3v) is 6.02. The van der Waals surface area contributed by atoms with Crippen molar-refractivity contribution in [1.29, 1.82) is 0 Å². The number of pyridine rings is 1. The van der Waals surface area contributed by atoms with Gasteiger partial charge in [0.15, 0.2) is 11.4 Å². The molecule has 3 heterocycles. The predicted octanol–water partition coefficient (Wildman–Crippen LogP) is 5.15. The Kier molecular flexibility index (Phi) is 6.71. The molecule has 0 radical (unpaired) electrons. The van der Waals surface area contributed by atoms with Crippen LogP contribution in [0.25, 0.3) is 28.2 Å². The zero-order valence-corrected chi connectivity index (χ0v) is 18.9. The Hall–Kier alpha value is -3.38. The van der Waals surface area contributed by atoms with Gasteiger partial charge in [0.2, 0.25) is 0 Å². The highest BCUT2D eigenvalue weighted by molar-refractivity contribution is 5.97. The summed E-state index contributed by atoms with van der Waals surface area (Å²) < 4.78 is 1.74. The first-order valence-corrected chi connectivity index (χ1v) is 11.2. The third-order valence-electron chi connectivity index (χ3n) is 6.02. The van der Waals surface area contributed by atoms with Crippen LogP contribution >= 0.6 is 0 Å². The summed E-state index contributed by atoms with van der Waals surface area (Å²) in [5.41, 5.74) is 4.84. The molecule has 0 saturated carbocycles. The van der Waals surface area contributed by atoms with Gasteiger partial charge in [-0.1, -0.05) is 44.2 Å². The van der Waals surface area contributed by atoms with Crippen LogP contribution in [0, 0.1) is 0 Å². The van der Waals surface area contributed by atoms with Gasteiger partial charge in [-0.2, -0.15) is 5.10 Å². The molecule has 0 aliphatic heterocycles. The van der Waals surface area contributed by atoms with E-state index in [9.17, 15) is 4.79 Å². The van der Waals surface area contributed by atoms with Crippen LogP contribution in [0.5, 0.6) is 0 Å². The van der Waals surface area contributed by atoms with Crippen molar-refractivity contribution >= 4 is 11.4 Å². The molecule has 0 N–H and O–H groups in total. The summed E-state index contributed by atoms with van der Waals surface area (Å²) in [6.07, 6.45) is 6.72. The first kappa shape index (κ1) is 21.8. The quantitative estimate of drug-likeness (QED) is 0.346. The highest BCUT2D eigenvalue weighted by atomic mass is 16.1. The van der Waals surface area contributed by atoms with Crippen molar-refractivity contribution in [2.24, 2.45) is 0 Å². The highest BCUT2D eigenvalue weighted by Crippen LogP contribution is 2.25. The predicted molar refractivity (Wildman–Crippen MR) is 128 cm³/mol. The van der Waals surface area contributed by atoms with E-state index in [1.54, 1.807) is 23.0 Å². The molecule has 0 fully saturated rings. The Bertz CT molecular complexity index is 1200. The molecule has 0 saturated heterocycles. The number of rotatable bonds is 9. The summed E-state index contributed by atoms with van der Waals surface area (Å²) in [5.74, 6) is 0.141. The molecule has 164 valence electrons. The Morgan fingerprint density at radius 2 is 1.84 bits per heavy atom. The molecule has 0 amide bonds. The van der Waals surface area contributed by atoms with Crippen molar-refractivity contribution in [2.45, 2.75) is 39.7 Å². The van der Waals surface area contributed by atoms with E-state index < -0.39 is 0 Å². The lowest BCUT2D eigenvalue weighted by atomic mass is 10.0. The maximum Gasteiger partial charge on any atom is 0.164 e. The van der Waals surface area contributed by atoms with Gasteiger partial charge in [-0.25, -0.2) is 9.50 Å². The van der Waals surface area contributed by atoms with Crippen molar-refractivity contribution in [3.63, 3.8) is 0 Å². The van der Waals surface area contributed by atoms with Gasteiger partial charge >= 0.3 is 0 Å². The molecule has 0 bridgehead atoms. The Morgan fingerprint density at radius 3 is 2.59 bits per heavy atom. The minimum absolute atomic E-state index is 0.141. The number of aromatic nitrogens is 4. The van der Waals surface area contributed by atoms with Gasteiger partial charge in [0, 0.05) is 36.0 Å². The minimum atomic E-state index is 0.141. The van der Waals surface area contributed by atoms with Crippen LogP contribution in [0.3, 0.4) is 0 Å². The molecule has 3 aromatic heterocycles. The number of Topliss-reactive ketones (excluding diaryl/α,β-unsaturated/α-hetero) is 1. The number of carbonyl (C=O) groups is 1. The van der Waals surface area contributed by atoms with E-state index in [4.69, 9.17) is 4.98 Å². The normalized spacial score (nSPS) is 12.4. The summed E-state index contributed by atoms with van der Waals surface area (Å²) in [6, 6.07) is 16.0. The molecule has 1 aromatic carbocycles. The fourth-order valence-corrected chi connectivity index (χ4v) is 4.08. The lowest BCUT2D eigenvalue weighted by Gasteiger charge is -2.26.